The topological polar surface area (TPSA) is 12.0 Å². The summed E-state index contributed by atoms with van der Waals surface area (Å²) in [6, 6.07) is 8.71. The Kier molecular flexibility index (Phi) is 3.38. The highest BCUT2D eigenvalue weighted by Gasteiger charge is 2.01. The van der Waals surface area contributed by atoms with Crippen molar-refractivity contribution in [1.29, 1.82) is 0 Å². The van der Waals surface area contributed by atoms with E-state index in [0.29, 0.717) is 12.2 Å². The molecule has 0 fully saturated rings. The van der Waals surface area contributed by atoms with Crippen molar-refractivity contribution >= 4 is 33.0 Å². The molecule has 1 aromatic carbocycles. The molecule has 1 aromatic heterocycles. The molecule has 78 valence electrons. The van der Waals surface area contributed by atoms with Gasteiger partial charge in [0.05, 0.1) is 5.69 Å². The summed E-state index contributed by atoms with van der Waals surface area (Å²) in [7, 11) is 0. The number of thiophene rings is 1. The maximum atomic E-state index is 13.2. The van der Waals surface area contributed by atoms with Gasteiger partial charge in [-0.05, 0) is 34.1 Å². The molecule has 0 unspecified atom stereocenters. The van der Waals surface area contributed by atoms with E-state index >= 15 is 0 Å². The Hall–Kier alpha value is -0.870. The molecule has 0 atom stereocenters. The molecule has 0 amide bonds. The van der Waals surface area contributed by atoms with Crippen molar-refractivity contribution in [3.63, 3.8) is 0 Å². The molecule has 0 saturated heterocycles. The van der Waals surface area contributed by atoms with Crippen molar-refractivity contribution in [2.45, 2.75) is 6.54 Å². The molecule has 0 spiro atoms. The van der Waals surface area contributed by atoms with E-state index in [-0.39, 0.29) is 5.82 Å². The highest BCUT2D eigenvalue weighted by Crippen LogP contribution is 2.21. The lowest BCUT2D eigenvalue weighted by molar-refractivity contribution is 0.630. The Labute approximate surface area is 100 Å². The Morgan fingerprint density at radius 1 is 1.33 bits per heavy atom. The van der Waals surface area contributed by atoms with Gasteiger partial charge >= 0.3 is 0 Å². The molecule has 0 saturated carbocycles. The van der Waals surface area contributed by atoms with Crippen LogP contribution in [0.4, 0.5) is 10.1 Å². The summed E-state index contributed by atoms with van der Waals surface area (Å²) in [5.41, 5.74) is 0.544. The molecule has 1 nitrogen and oxygen atoms in total. The van der Waals surface area contributed by atoms with Gasteiger partial charge in [-0.2, -0.15) is 0 Å². The highest BCUT2D eigenvalue weighted by atomic mass is 79.9. The van der Waals surface area contributed by atoms with Crippen molar-refractivity contribution in [3.05, 3.63) is 50.9 Å². The van der Waals surface area contributed by atoms with Gasteiger partial charge in [-0.15, -0.1) is 11.3 Å². The van der Waals surface area contributed by atoms with E-state index in [1.807, 2.05) is 17.5 Å². The summed E-state index contributed by atoms with van der Waals surface area (Å²) >= 11 is 5.02. The van der Waals surface area contributed by atoms with Gasteiger partial charge in [0.2, 0.25) is 0 Å². The third-order valence-corrected chi connectivity index (χ3v) is 3.65. The van der Waals surface area contributed by atoms with Crippen LogP contribution in [-0.2, 0) is 6.54 Å². The third kappa shape index (κ3) is 2.79. The molecule has 1 heterocycles. The first kappa shape index (κ1) is 10.6. The lowest BCUT2D eigenvalue weighted by Crippen LogP contribution is -1.99. The molecule has 2 rings (SSSR count). The monoisotopic (exact) mass is 285 g/mol. The predicted octanol–water partition coefficient (Wildman–Crippen LogP) is 4.26. The molecule has 0 aliphatic carbocycles. The minimum Gasteiger partial charge on any atom is -0.378 e. The summed E-state index contributed by atoms with van der Waals surface area (Å²) in [6.07, 6.45) is 0. The number of nitrogens with one attached hydrogen (secondary N) is 1. The fourth-order valence-electron chi connectivity index (χ4n) is 1.23. The van der Waals surface area contributed by atoms with E-state index in [1.54, 1.807) is 23.5 Å². The molecular formula is C11H9BrFNS. The number of rotatable bonds is 3. The maximum absolute atomic E-state index is 13.2. The molecule has 15 heavy (non-hydrogen) atoms. The van der Waals surface area contributed by atoms with Crippen molar-refractivity contribution in [3.8, 4) is 0 Å². The van der Waals surface area contributed by atoms with E-state index in [0.717, 1.165) is 4.47 Å². The predicted molar refractivity (Wildman–Crippen MR) is 65.7 cm³/mol. The van der Waals surface area contributed by atoms with Crippen LogP contribution in [0.5, 0.6) is 0 Å². The van der Waals surface area contributed by atoms with Gasteiger partial charge in [0, 0.05) is 21.3 Å². The van der Waals surface area contributed by atoms with E-state index < -0.39 is 0 Å². The van der Waals surface area contributed by atoms with Gasteiger partial charge < -0.3 is 5.32 Å². The molecule has 0 radical (unpaired) electrons. The maximum Gasteiger partial charge on any atom is 0.146 e. The van der Waals surface area contributed by atoms with Gasteiger partial charge in [0.15, 0.2) is 0 Å². The van der Waals surface area contributed by atoms with Crippen molar-refractivity contribution in [2.24, 2.45) is 0 Å². The number of hydrogen-bond donors (Lipinski definition) is 1. The molecular weight excluding hydrogens is 277 g/mol. The number of halogens is 2. The van der Waals surface area contributed by atoms with Gasteiger partial charge in [-0.1, -0.05) is 12.1 Å². The van der Waals surface area contributed by atoms with Crippen LogP contribution in [0.25, 0.3) is 0 Å². The quantitative estimate of drug-likeness (QED) is 0.888. The summed E-state index contributed by atoms with van der Waals surface area (Å²) in [5, 5.41) is 5.07. The van der Waals surface area contributed by atoms with Crippen LogP contribution in [0, 0.1) is 5.82 Å². The summed E-state index contributed by atoms with van der Waals surface area (Å²) < 4.78 is 14.3. The minimum absolute atomic E-state index is 0.215. The van der Waals surface area contributed by atoms with Crippen molar-refractivity contribution < 1.29 is 4.39 Å². The van der Waals surface area contributed by atoms with Crippen LogP contribution in [0.15, 0.2) is 40.2 Å². The van der Waals surface area contributed by atoms with E-state index in [4.69, 9.17) is 0 Å². The van der Waals surface area contributed by atoms with E-state index in [1.165, 1.54) is 10.9 Å². The summed E-state index contributed by atoms with van der Waals surface area (Å²) in [6.45, 7) is 0.650. The Morgan fingerprint density at radius 3 is 2.80 bits per heavy atom. The van der Waals surface area contributed by atoms with Crippen LogP contribution >= 0.6 is 27.3 Å². The second kappa shape index (κ2) is 4.77. The van der Waals surface area contributed by atoms with Gasteiger partial charge in [0.1, 0.15) is 5.82 Å². The lowest BCUT2D eigenvalue weighted by atomic mass is 10.3. The number of anilines is 1. The van der Waals surface area contributed by atoms with Gasteiger partial charge in [0.25, 0.3) is 0 Å². The zero-order valence-corrected chi connectivity index (χ0v) is 10.2. The fraction of sp³-hybridized carbons (Fsp3) is 0.0909. The Balaban J connectivity index is 2.02. The second-order valence-electron chi connectivity index (χ2n) is 3.06. The van der Waals surface area contributed by atoms with Crippen LogP contribution < -0.4 is 5.32 Å². The third-order valence-electron chi connectivity index (χ3n) is 1.95. The molecule has 0 aliphatic rings. The standard InChI is InChI=1S/C11H9BrFNS/c12-8-5-9(15-7-8)6-14-11-4-2-1-3-10(11)13/h1-5,7,14H,6H2. The first-order chi connectivity index (χ1) is 7.25. The first-order valence-electron chi connectivity index (χ1n) is 4.47. The average molecular weight is 286 g/mol. The van der Waals surface area contributed by atoms with Crippen molar-refractivity contribution in [2.75, 3.05) is 5.32 Å². The lowest BCUT2D eigenvalue weighted by Gasteiger charge is -2.05. The number of benzene rings is 1. The Morgan fingerprint density at radius 2 is 2.13 bits per heavy atom. The van der Waals surface area contributed by atoms with Crippen molar-refractivity contribution in [1.82, 2.24) is 0 Å². The zero-order valence-electron chi connectivity index (χ0n) is 7.84. The average Bonchev–Trinajstić information content (AvgIpc) is 2.63. The van der Waals surface area contributed by atoms with Crippen LogP contribution in [0.3, 0.4) is 0 Å². The molecule has 1 N–H and O–H groups in total. The van der Waals surface area contributed by atoms with Crippen LogP contribution in [-0.4, -0.2) is 0 Å². The zero-order chi connectivity index (χ0) is 10.7. The second-order valence-corrected chi connectivity index (χ2v) is 4.98. The smallest absolute Gasteiger partial charge is 0.146 e. The Bertz CT molecular complexity index is 455. The number of hydrogen-bond acceptors (Lipinski definition) is 2. The van der Waals surface area contributed by atoms with Gasteiger partial charge in [-0.3, -0.25) is 0 Å². The molecule has 2 aromatic rings. The highest BCUT2D eigenvalue weighted by molar-refractivity contribution is 9.10. The van der Waals surface area contributed by atoms with Crippen LogP contribution in [0.2, 0.25) is 0 Å². The number of para-hydroxylation sites is 1. The molecule has 0 bridgehead atoms. The first-order valence-corrected chi connectivity index (χ1v) is 6.14. The summed E-state index contributed by atoms with van der Waals surface area (Å²) in [4.78, 5) is 1.17. The minimum atomic E-state index is -0.215. The van der Waals surface area contributed by atoms with E-state index in [2.05, 4.69) is 21.2 Å². The summed E-state index contributed by atoms with van der Waals surface area (Å²) in [5.74, 6) is -0.215. The molecule has 0 aliphatic heterocycles. The largest absolute Gasteiger partial charge is 0.378 e. The normalized spacial score (nSPS) is 10.3. The van der Waals surface area contributed by atoms with E-state index in [9.17, 15) is 4.39 Å². The fourth-order valence-corrected chi connectivity index (χ4v) is 2.62. The SMILES string of the molecule is Fc1ccccc1NCc1cc(Br)cs1. The molecule has 4 heteroatoms. The van der Waals surface area contributed by atoms with Gasteiger partial charge in [-0.25, -0.2) is 4.39 Å². The van der Waals surface area contributed by atoms with Crippen LogP contribution in [0.1, 0.15) is 4.88 Å².